The molecule has 0 amide bonds. The van der Waals surface area contributed by atoms with E-state index in [0.717, 1.165) is 64.2 Å². The molecule has 1 saturated heterocycles. The molecule has 152 valence electrons. The van der Waals surface area contributed by atoms with E-state index in [4.69, 9.17) is 9.73 Å². The molecule has 2 aliphatic rings. The first-order chi connectivity index (χ1) is 12.6. The number of nitrogens with zero attached hydrogens (tertiary/aromatic N) is 3. The summed E-state index contributed by atoms with van der Waals surface area (Å²) >= 11 is 0. The lowest BCUT2D eigenvalue weighted by molar-refractivity contribution is 0.0169. The van der Waals surface area contributed by atoms with Gasteiger partial charge in [0.05, 0.1) is 12.6 Å². The Bertz CT molecular complexity index is 411. The maximum Gasteiger partial charge on any atom is 0.191 e. The van der Waals surface area contributed by atoms with Crippen LogP contribution in [0.15, 0.2) is 4.99 Å². The molecule has 6 nitrogen and oxygen atoms in total. The van der Waals surface area contributed by atoms with Gasteiger partial charge in [-0.25, -0.2) is 0 Å². The second-order valence-electron chi connectivity index (χ2n) is 7.87. The second-order valence-corrected chi connectivity index (χ2v) is 7.87. The van der Waals surface area contributed by atoms with Gasteiger partial charge in [-0.1, -0.05) is 12.8 Å². The van der Waals surface area contributed by atoms with Crippen molar-refractivity contribution in [2.24, 2.45) is 10.9 Å². The molecule has 6 heteroatoms. The van der Waals surface area contributed by atoms with Gasteiger partial charge >= 0.3 is 0 Å². The molecule has 1 aliphatic carbocycles. The average Bonchev–Trinajstić information content (AvgIpc) is 3.16. The zero-order valence-corrected chi connectivity index (χ0v) is 17.5. The van der Waals surface area contributed by atoms with Crippen LogP contribution < -0.4 is 10.6 Å². The maximum absolute atomic E-state index is 6.04. The minimum atomic E-state index is 0.399. The predicted octanol–water partition coefficient (Wildman–Crippen LogP) is 1.77. The smallest absolute Gasteiger partial charge is 0.191 e. The largest absolute Gasteiger partial charge is 0.378 e. The number of aliphatic imine (C=N–C) groups is 1. The summed E-state index contributed by atoms with van der Waals surface area (Å²) < 4.78 is 6.04. The van der Waals surface area contributed by atoms with Crippen molar-refractivity contribution < 1.29 is 4.74 Å². The van der Waals surface area contributed by atoms with E-state index in [2.05, 4.69) is 48.4 Å². The zero-order chi connectivity index (χ0) is 18.8. The molecule has 2 atom stereocenters. The Morgan fingerprint density at radius 2 is 1.92 bits per heavy atom. The summed E-state index contributed by atoms with van der Waals surface area (Å²) in [6, 6.07) is 0.499. The van der Waals surface area contributed by atoms with Crippen LogP contribution in [-0.2, 0) is 4.74 Å². The van der Waals surface area contributed by atoms with E-state index in [1.807, 2.05) is 0 Å². The maximum atomic E-state index is 6.04. The van der Waals surface area contributed by atoms with Gasteiger partial charge in [-0.2, -0.15) is 0 Å². The number of rotatable bonds is 9. The highest BCUT2D eigenvalue weighted by molar-refractivity contribution is 5.79. The molecule has 0 radical (unpaired) electrons. The Morgan fingerprint density at radius 1 is 1.15 bits per heavy atom. The summed E-state index contributed by atoms with van der Waals surface area (Å²) in [4.78, 5) is 9.67. The van der Waals surface area contributed by atoms with Crippen molar-refractivity contribution in [3.05, 3.63) is 0 Å². The minimum Gasteiger partial charge on any atom is -0.378 e. The molecule has 1 aliphatic heterocycles. The predicted molar refractivity (Wildman–Crippen MR) is 110 cm³/mol. The molecule has 0 spiro atoms. The Morgan fingerprint density at radius 3 is 2.62 bits per heavy atom. The number of hydrogen-bond acceptors (Lipinski definition) is 4. The van der Waals surface area contributed by atoms with Gasteiger partial charge in [0.25, 0.3) is 0 Å². The standard InChI is InChI=1S/C20H41N5O/c1-5-21-20(23-15-18-16-24(3)13-14-25(18)4)22-12-11-19(26-6-2)17-9-7-8-10-17/h17-19H,5-16H2,1-4H3,(H2,21,22,23). The first-order valence-electron chi connectivity index (χ1n) is 10.7. The highest BCUT2D eigenvalue weighted by Crippen LogP contribution is 2.30. The van der Waals surface area contributed by atoms with E-state index in [1.165, 1.54) is 25.7 Å². The van der Waals surface area contributed by atoms with E-state index in [1.54, 1.807) is 0 Å². The third-order valence-electron chi connectivity index (χ3n) is 5.81. The molecule has 2 unspecified atom stereocenters. The number of nitrogens with one attached hydrogen (secondary N) is 2. The average molecular weight is 368 g/mol. The van der Waals surface area contributed by atoms with Gasteiger partial charge in [-0.15, -0.1) is 0 Å². The lowest BCUT2D eigenvalue weighted by Crippen LogP contribution is -2.51. The van der Waals surface area contributed by atoms with Crippen molar-refractivity contribution in [3.63, 3.8) is 0 Å². The van der Waals surface area contributed by atoms with Crippen molar-refractivity contribution >= 4 is 5.96 Å². The second kappa shape index (κ2) is 11.8. The molecule has 0 aromatic heterocycles. The molecule has 0 aromatic rings. The molecule has 1 heterocycles. The third-order valence-corrected chi connectivity index (χ3v) is 5.81. The summed E-state index contributed by atoms with van der Waals surface area (Å²) in [5, 5.41) is 6.91. The molecule has 2 rings (SSSR count). The summed E-state index contributed by atoms with van der Waals surface area (Å²) in [7, 11) is 4.41. The third kappa shape index (κ3) is 7.05. The van der Waals surface area contributed by atoms with E-state index in [0.29, 0.717) is 12.1 Å². The van der Waals surface area contributed by atoms with E-state index in [-0.39, 0.29) is 0 Å². The van der Waals surface area contributed by atoms with Gasteiger partial charge in [0.15, 0.2) is 5.96 Å². The molecule has 0 aromatic carbocycles. The fraction of sp³-hybridized carbons (Fsp3) is 0.950. The van der Waals surface area contributed by atoms with Gasteiger partial charge in [-0.05, 0) is 53.1 Å². The van der Waals surface area contributed by atoms with Crippen molar-refractivity contribution in [2.45, 2.75) is 58.1 Å². The molecule has 0 bridgehead atoms. The fourth-order valence-corrected chi connectivity index (χ4v) is 4.17. The van der Waals surface area contributed by atoms with Crippen LogP contribution in [0, 0.1) is 5.92 Å². The molecular formula is C20H41N5O. The molecule has 26 heavy (non-hydrogen) atoms. The first-order valence-corrected chi connectivity index (χ1v) is 10.7. The topological polar surface area (TPSA) is 52.1 Å². The number of ether oxygens (including phenoxy) is 1. The van der Waals surface area contributed by atoms with Crippen LogP contribution in [0.4, 0.5) is 0 Å². The zero-order valence-electron chi connectivity index (χ0n) is 17.5. The van der Waals surface area contributed by atoms with Gasteiger partial charge in [0.1, 0.15) is 0 Å². The van der Waals surface area contributed by atoms with Crippen molar-refractivity contribution in [1.82, 2.24) is 20.4 Å². The van der Waals surface area contributed by atoms with E-state index in [9.17, 15) is 0 Å². The van der Waals surface area contributed by atoms with Gasteiger partial charge < -0.3 is 20.3 Å². The number of piperazine rings is 1. The van der Waals surface area contributed by atoms with E-state index < -0.39 is 0 Å². The summed E-state index contributed by atoms with van der Waals surface area (Å²) in [5.41, 5.74) is 0. The Kier molecular flexibility index (Phi) is 9.72. The Hall–Kier alpha value is -0.850. The highest BCUT2D eigenvalue weighted by atomic mass is 16.5. The van der Waals surface area contributed by atoms with Crippen LogP contribution >= 0.6 is 0 Å². The minimum absolute atomic E-state index is 0.399. The van der Waals surface area contributed by atoms with Crippen LogP contribution in [0.5, 0.6) is 0 Å². The molecule has 2 N–H and O–H groups in total. The van der Waals surface area contributed by atoms with Crippen LogP contribution in [0.2, 0.25) is 0 Å². The fourth-order valence-electron chi connectivity index (χ4n) is 4.17. The van der Waals surface area contributed by atoms with Crippen LogP contribution in [0.3, 0.4) is 0 Å². The summed E-state index contributed by atoms with van der Waals surface area (Å²) in [6.07, 6.45) is 6.87. The van der Waals surface area contributed by atoms with Crippen LogP contribution in [0.25, 0.3) is 0 Å². The first kappa shape index (κ1) is 21.5. The number of hydrogen-bond donors (Lipinski definition) is 2. The monoisotopic (exact) mass is 367 g/mol. The summed E-state index contributed by atoms with van der Waals surface area (Å²) in [5.74, 6) is 1.69. The SMILES string of the molecule is CCNC(=NCC1CN(C)CCN1C)NCCC(OCC)C1CCCC1. The van der Waals surface area contributed by atoms with Crippen molar-refractivity contribution in [3.8, 4) is 0 Å². The van der Waals surface area contributed by atoms with Crippen LogP contribution in [0.1, 0.15) is 46.0 Å². The van der Waals surface area contributed by atoms with Crippen LogP contribution in [-0.4, -0.2) is 87.9 Å². The molecule has 2 fully saturated rings. The Labute approximate surface area is 160 Å². The van der Waals surface area contributed by atoms with Crippen molar-refractivity contribution in [1.29, 1.82) is 0 Å². The van der Waals surface area contributed by atoms with Gasteiger partial charge in [0.2, 0.25) is 0 Å². The van der Waals surface area contributed by atoms with Crippen molar-refractivity contribution in [2.75, 3.05) is 60.0 Å². The Balaban J connectivity index is 1.80. The van der Waals surface area contributed by atoms with Gasteiger partial charge in [0, 0.05) is 45.4 Å². The van der Waals surface area contributed by atoms with E-state index >= 15 is 0 Å². The lowest BCUT2D eigenvalue weighted by atomic mass is 9.98. The quantitative estimate of drug-likeness (QED) is 0.481. The van der Waals surface area contributed by atoms with Gasteiger partial charge in [-0.3, -0.25) is 9.89 Å². The lowest BCUT2D eigenvalue weighted by Gasteiger charge is -2.36. The number of likely N-dealkylation sites (N-methyl/N-ethyl adjacent to an activating group) is 2. The molecular weight excluding hydrogens is 326 g/mol. The molecule has 1 saturated carbocycles. The normalized spacial score (nSPS) is 24.8. The highest BCUT2D eigenvalue weighted by Gasteiger charge is 2.25. The number of guanidine groups is 1. The summed E-state index contributed by atoms with van der Waals surface area (Å²) in [6.45, 7) is 11.1.